The zero-order chi connectivity index (χ0) is 20.6. The van der Waals surface area contributed by atoms with Gasteiger partial charge >= 0.3 is 0 Å². The second-order valence-corrected chi connectivity index (χ2v) is 8.89. The number of piperazine rings is 1. The van der Waals surface area contributed by atoms with Gasteiger partial charge in [-0.3, -0.25) is 9.59 Å². The molecule has 4 rings (SSSR count). The number of carbonyl (C=O) groups is 2. The van der Waals surface area contributed by atoms with E-state index in [0.29, 0.717) is 31.7 Å². The molecule has 0 atom stereocenters. The molecule has 0 aromatic heterocycles. The van der Waals surface area contributed by atoms with E-state index in [4.69, 9.17) is 0 Å². The number of hydrogen-bond donors (Lipinski definition) is 0. The van der Waals surface area contributed by atoms with Crippen LogP contribution in [0.5, 0.6) is 0 Å². The van der Waals surface area contributed by atoms with Crippen LogP contribution < -0.4 is 0 Å². The van der Waals surface area contributed by atoms with Crippen LogP contribution in [0.15, 0.2) is 42.5 Å². The number of amides is 2. The number of hydrogen-bond acceptors (Lipinski definition) is 2. The highest BCUT2D eigenvalue weighted by Crippen LogP contribution is 2.42. The largest absolute Gasteiger partial charge is 0.339 e. The van der Waals surface area contributed by atoms with E-state index in [9.17, 15) is 9.59 Å². The van der Waals surface area contributed by atoms with Crippen LogP contribution in [0.4, 0.5) is 0 Å². The molecule has 1 aliphatic carbocycles. The van der Waals surface area contributed by atoms with E-state index in [1.807, 2.05) is 34.1 Å². The molecule has 1 saturated carbocycles. The summed E-state index contributed by atoms with van der Waals surface area (Å²) < 4.78 is 0. The monoisotopic (exact) mass is 390 g/mol. The Morgan fingerprint density at radius 2 is 1.48 bits per heavy atom. The Morgan fingerprint density at radius 1 is 0.862 bits per heavy atom. The molecule has 2 aromatic rings. The van der Waals surface area contributed by atoms with Crippen molar-refractivity contribution in [2.24, 2.45) is 5.41 Å². The van der Waals surface area contributed by atoms with Crippen molar-refractivity contribution in [3.05, 3.63) is 59.2 Å². The lowest BCUT2D eigenvalue weighted by molar-refractivity contribution is -0.147. The Bertz CT molecular complexity index is 920. The summed E-state index contributed by atoms with van der Waals surface area (Å²) in [6.45, 7) is 8.79. The zero-order valence-corrected chi connectivity index (χ0v) is 17.7. The molecule has 0 radical (unpaired) electrons. The van der Waals surface area contributed by atoms with Crippen molar-refractivity contribution in [1.82, 2.24) is 9.80 Å². The average molecular weight is 391 g/mol. The number of aryl methyl sites for hydroxylation is 2. The number of nitrogens with zero attached hydrogens (tertiary/aromatic N) is 2. The molecule has 0 unspecified atom stereocenters. The van der Waals surface area contributed by atoms with Crippen molar-refractivity contribution in [2.45, 2.75) is 40.0 Å². The van der Waals surface area contributed by atoms with Crippen molar-refractivity contribution in [1.29, 1.82) is 0 Å². The Balaban J connectivity index is 1.39. The van der Waals surface area contributed by atoms with Gasteiger partial charge in [0.05, 0.1) is 0 Å². The third-order valence-electron chi connectivity index (χ3n) is 6.65. The molecular weight excluding hydrogens is 360 g/mol. The van der Waals surface area contributed by atoms with Gasteiger partial charge in [0.15, 0.2) is 0 Å². The molecular formula is C25H30N2O2. The Hall–Kier alpha value is -2.62. The second-order valence-electron chi connectivity index (χ2n) is 8.89. The van der Waals surface area contributed by atoms with Gasteiger partial charge in [0.2, 0.25) is 5.91 Å². The van der Waals surface area contributed by atoms with E-state index < -0.39 is 0 Å². The molecule has 2 aromatic carbocycles. The van der Waals surface area contributed by atoms with Crippen molar-refractivity contribution in [2.75, 3.05) is 26.2 Å². The summed E-state index contributed by atoms with van der Waals surface area (Å²) in [5, 5.41) is 0. The van der Waals surface area contributed by atoms with Crippen molar-refractivity contribution in [3.63, 3.8) is 0 Å². The van der Waals surface area contributed by atoms with Crippen molar-refractivity contribution in [3.8, 4) is 11.1 Å². The van der Waals surface area contributed by atoms with Crippen LogP contribution in [0.1, 0.15) is 47.7 Å². The van der Waals surface area contributed by atoms with Crippen LogP contribution in [0.3, 0.4) is 0 Å². The molecule has 4 nitrogen and oxygen atoms in total. The van der Waals surface area contributed by atoms with E-state index >= 15 is 0 Å². The molecule has 4 heteroatoms. The number of benzene rings is 2. The molecule has 0 spiro atoms. The smallest absolute Gasteiger partial charge is 0.253 e. The predicted molar refractivity (Wildman–Crippen MR) is 116 cm³/mol. The Labute approximate surface area is 173 Å². The average Bonchev–Trinajstić information content (AvgIpc) is 2.71. The Morgan fingerprint density at radius 3 is 2.03 bits per heavy atom. The summed E-state index contributed by atoms with van der Waals surface area (Å²) in [5.74, 6) is 0.327. The van der Waals surface area contributed by atoms with Gasteiger partial charge < -0.3 is 9.80 Å². The standard InChI is InChI=1S/C25H30N2O2/c1-18-5-10-22(19(2)17-18)20-6-8-21(9-7-20)23(28)26-13-15-27(16-14-26)24(29)25(3)11-4-12-25/h5-10,17H,4,11-16H2,1-3H3. The van der Waals surface area contributed by atoms with Crippen LogP contribution in [0.25, 0.3) is 11.1 Å². The summed E-state index contributed by atoms with van der Waals surface area (Å²) in [5.41, 5.74) is 5.38. The third kappa shape index (κ3) is 3.81. The molecule has 29 heavy (non-hydrogen) atoms. The first kappa shape index (κ1) is 19.7. The molecule has 152 valence electrons. The molecule has 2 fully saturated rings. The fraction of sp³-hybridized carbons (Fsp3) is 0.440. The fourth-order valence-electron chi connectivity index (χ4n) is 4.53. The topological polar surface area (TPSA) is 40.6 Å². The van der Waals surface area contributed by atoms with Gasteiger partial charge in [0.25, 0.3) is 5.91 Å². The van der Waals surface area contributed by atoms with Crippen LogP contribution in [-0.2, 0) is 4.79 Å². The van der Waals surface area contributed by atoms with E-state index in [1.165, 1.54) is 16.7 Å². The summed E-state index contributed by atoms with van der Waals surface area (Å²) in [4.78, 5) is 29.4. The quantitative estimate of drug-likeness (QED) is 0.777. The first-order valence-corrected chi connectivity index (χ1v) is 10.6. The first-order chi connectivity index (χ1) is 13.9. The van der Waals surface area contributed by atoms with Gasteiger partial charge in [-0.2, -0.15) is 0 Å². The highest BCUT2D eigenvalue weighted by Gasteiger charge is 2.42. The van der Waals surface area contributed by atoms with Crippen LogP contribution >= 0.6 is 0 Å². The van der Waals surface area contributed by atoms with Crippen molar-refractivity contribution >= 4 is 11.8 Å². The van der Waals surface area contributed by atoms with Gasteiger partial charge in [0, 0.05) is 37.2 Å². The molecule has 1 aliphatic heterocycles. The molecule has 1 saturated heterocycles. The number of rotatable bonds is 3. The fourth-order valence-corrected chi connectivity index (χ4v) is 4.53. The minimum atomic E-state index is -0.157. The summed E-state index contributed by atoms with van der Waals surface area (Å²) in [6.07, 6.45) is 3.15. The second kappa shape index (κ2) is 7.66. The molecule has 2 amide bonds. The summed E-state index contributed by atoms with van der Waals surface area (Å²) >= 11 is 0. The minimum absolute atomic E-state index is 0.0548. The molecule has 2 aliphatic rings. The lowest BCUT2D eigenvalue weighted by Gasteiger charge is -2.43. The van der Waals surface area contributed by atoms with Crippen LogP contribution in [0, 0.1) is 19.3 Å². The summed E-state index contributed by atoms with van der Waals surface area (Å²) in [7, 11) is 0. The molecule has 0 bridgehead atoms. The zero-order valence-electron chi connectivity index (χ0n) is 17.7. The van der Waals surface area contributed by atoms with Gasteiger partial charge in [-0.05, 0) is 55.5 Å². The normalized spacial score (nSPS) is 18.3. The lowest BCUT2D eigenvalue weighted by Crippen LogP contribution is -2.55. The maximum atomic E-state index is 12.9. The molecule has 0 N–H and O–H groups in total. The maximum Gasteiger partial charge on any atom is 0.253 e. The Kier molecular flexibility index (Phi) is 5.20. The van der Waals surface area contributed by atoms with E-state index in [-0.39, 0.29) is 17.2 Å². The van der Waals surface area contributed by atoms with E-state index in [2.05, 4.69) is 39.0 Å². The molecule has 1 heterocycles. The number of carbonyl (C=O) groups excluding carboxylic acids is 2. The van der Waals surface area contributed by atoms with Gasteiger partial charge in [-0.1, -0.05) is 49.2 Å². The van der Waals surface area contributed by atoms with Gasteiger partial charge in [-0.25, -0.2) is 0 Å². The van der Waals surface area contributed by atoms with Gasteiger partial charge in [0.1, 0.15) is 0 Å². The third-order valence-corrected chi connectivity index (χ3v) is 6.65. The van der Waals surface area contributed by atoms with E-state index in [0.717, 1.165) is 24.8 Å². The van der Waals surface area contributed by atoms with E-state index in [1.54, 1.807) is 0 Å². The predicted octanol–water partition coefficient (Wildman–Crippen LogP) is 4.45. The van der Waals surface area contributed by atoms with Gasteiger partial charge in [-0.15, -0.1) is 0 Å². The lowest BCUT2D eigenvalue weighted by atomic mass is 9.69. The van der Waals surface area contributed by atoms with Crippen LogP contribution in [0.2, 0.25) is 0 Å². The highest BCUT2D eigenvalue weighted by atomic mass is 16.2. The SMILES string of the molecule is Cc1ccc(-c2ccc(C(=O)N3CCN(C(=O)C4(C)CCC4)CC3)cc2)c(C)c1. The van der Waals surface area contributed by atoms with Crippen LogP contribution in [-0.4, -0.2) is 47.8 Å². The first-order valence-electron chi connectivity index (χ1n) is 10.6. The summed E-state index contributed by atoms with van der Waals surface area (Å²) in [6, 6.07) is 14.3. The maximum absolute atomic E-state index is 12.9. The van der Waals surface area contributed by atoms with Crippen molar-refractivity contribution < 1.29 is 9.59 Å². The highest BCUT2D eigenvalue weighted by molar-refractivity contribution is 5.95. The minimum Gasteiger partial charge on any atom is -0.339 e.